The molecule has 0 aliphatic rings. The molecule has 1 amide bonds. The van der Waals surface area contributed by atoms with Gasteiger partial charge in [-0.05, 0) is 49.5 Å². The minimum Gasteiger partial charge on any atom is -0.490 e. The molecule has 2 rings (SSSR count). The Morgan fingerprint density at radius 1 is 0.931 bits per heavy atom. The summed E-state index contributed by atoms with van der Waals surface area (Å²) in [7, 11) is 0. The van der Waals surface area contributed by atoms with Crippen LogP contribution in [-0.4, -0.2) is 49.4 Å². The molecule has 0 bridgehead atoms. The number of nitrogens with one attached hydrogen (secondary N) is 1. The number of carbonyl (C=O) groups excluding carboxylic acids is 2. The van der Waals surface area contributed by atoms with Gasteiger partial charge in [-0.3, -0.25) is 9.59 Å². The Balaban J connectivity index is 1.86. The fourth-order valence-corrected chi connectivity index (χ4v) is 2.80. The van der Waals surface area contributed by atoms with Crippen LogP contribution in [0.25, 0.3) is 0 Å². The number of hydrogen-bond donors (Lipinski definition) is 1. The van der Waals surface area contributed by atoms with Crippen molar-refractivity contribution in [2.45, 2.75) is 27.2 Å². The number of ether oxygens (including phenoxy) is 2. The Labute approximate surface area is 172 Å². The second-order valence-electron chi connectivity index (χ2n) is 6.51. The van der Waals surface area contributed by atoms with Crippen molar-refractivity contribution >= 4 is 17.4 Å². The zero-order valence-electron chi connectivity index (χ0n) is 17.4. The molecule has 0 atom stereocenters. The summed E-state index contributed by atoms with van der Waals surface area (Å²) in [6.07, 6.45) is 0.457. The van der Waals surface area contributed by atoms with Gasteiger partial charge in [0.2, 0.25) is 0 Å². The van der Waals surface area contributed by atoms with E-state index >= 15 is 0 Å². The Morgan fingerprint density at radius 3 is 2.28 bits per heavy atom. The summed E-state index contributed by atoms with van der Waals surface area (Å²) in [5.41, 5.74) is 1.25. The maximum atomic E-state index is 12.3. The standard InChI is InChI=1S/C23H30N2O4/c1-4-21(26)18-11-13-19(14-12-18)29-17-23(27)24-20-9-7-8-10-22(20)28-16-15-25(5-2)6-3/h7-14H,4-6,15-17H2,1-3H3,(H,24,27). The topological polar surface area (TPSA) is 67.9 Å². The summed E-state index contributed by atoms with van der Waals surface area (Å²) in [5, 5.41) is 2.83. The smallest absolute Gasteiger partial charge is 0.262 e. The molecule has 0 fully saturated rings. The highest BCUT2D eigenvalue weighted by Gasteiger charge is 2.10. The van der Waals surface area contributed by atoms with Crippen LogP contribution >= 0.6 is 0 Å². The van der Waals surface area contributed by atoms with Crippen LogP contribution in [0.1, 0.15) is 37.6 Å². The van der Waals surface area contributed by atoms with Crippen LogP contribution in [0.2, 0.25) is 0 Å². The van der Waals surface area contributed by atoms with Gasteiger partial charge in [0.15, 0.2) is 12.4 Å². The number of para-hydroxylation sites is 2. The average Bonchev–Trinajstić information content (AvgIpc) is 2.76. The van der Waals surface area contributed by atoms with E-state index in [-0.39, 0.29) is 18.3 Å². The van der Waals surface area contributed by atoms with Crippen molar-refractivity contribution in [3.63, 3.8) is 0 Å². The third-order valence-corrected chi connectivity index (χ3v) is 4.59. The van der Waals surface area contributed by atoms with Crippen LogP contribution in [0.4, 0.5) is 5.69 Å². The molecule has 0 heterocycles. The predicted octanol–water partition coefficient (Wildman–Crippen LogP) is 4.02. The van der Waals surface area contributed by atoms with Crippen LogP contribution in [0.15, 0.2) is 48.5 Å². The highest BCUT2D eigenvalue weighted by molar-refractivity contribution is 5.96. The second kappa shape index (κ2) is 11.9. The molecule has 2 aromatic carbocycles. The van der Waals surface area contributed by atoms with Crippen molar-refractivity contribution < 1.29 is 19.1 Å². The number of likely N-dealkylation sites (N-methyl/N-ethyl adjacent to an activating group) is 1. The number of benzene rings is 2. The van der Waals surface area contributed by atoms with Gasteiger partial charge in [0.25, 0.3) is 5.91 Å². The molecule has 0 aromatic heterocycles. The van der Waals surface area contributed by atoms with E-state index in [2.05, 4.69) is 24.1 Å². The lowest BCUT2D eigenvalue weighted by Gasteiger charge is -2.19. The summed E-state index contributed by atoms with van der Waals surface area (Å²) in [6.45, 7) is 9.26. The number of amides is 1. The minimum atomic E-state index is -0.279. The first-order valence-electron chi connectivity index (χ1n) is 10.1. The molecular weight excluding hydrogens is 368 g/mol. The van der Waals surface area contributed by atoms with Gasteiger partial charge in [-0.1, -0.05) is 32.9 Å². The Morgan fingerprint density at radius 2 is 1.62 bits per heavy atom. The van der Waals surface area contributed by atoms with Crippen LogP contribution < -0.4 is 14.8 Å². The number of hydrogen-bond acceptors (Lipinski definition) is 5. The summed E-state index contributed by atoms with van der Waals surface area (Å²) in [4.78, 5) is 26.2. The number of carbonyl (C=O) groups is 2. The first-order valence-corrected chi connectivity index (χ1v) is 10.1. The third kappa shape index (κ3) is 7.23. The lowest BCUT2D eigenvalue weighted by molar-refractivity contribution is -0.118. The molecule has 156 valence electrons. The van der Waals surface area contributed by atoms with E-state index in [1.54, 1.807) is 30.3 Å². The fraction of sp³-hybridized carbons (Fsp3) is 0.391. The lowest BCUT2D eigenvalue weighted by atomic mass is 10.1. The molecule has 0 saturated heterocycles. The normalized spacial score (nSPS) is 10.6. The van der Waals surface area contributed by atoms with Gasteiger partial charge in [0, 0.05) is 18.5 Å². The van der Waals surface area contributed by atoms with Gasteiger partial charge in [-0.2, -0.15) is 0 Å². The molecule has 6 heteroatoms. The Hall–Kier alpha value is -2.86. The van der Waals surface area contributed by atoms with E-state index < -0.39 is 0 Å². The molecule has 6 nitrogen and oxygen atoms in total. The molecule has 0 saturated carbocycles. The first kappa shape index (κ1) is 22.4. The van der Waals surface area contributed by atoms with Crippen molar-refractivity contribution in [2.24, 2.45) is 0 Å². The summed E-state index contributed by atoms with van der Waals surface area (Å²) in [6, 6.07) is 14.2. The zero-order valence-corrected chi connectivity index (χ0v) is 17.4. The predicted molar refractivity (Wildman–Crippen MR) is 115 cm³/mol. The molecule has 0 spiro atoms. The van der Waals surface area contributed by atoms with E-state index in [4.69, 9.17) is 9.47 Å². The Kier molecular flexibility index (Phi) is 9.18. The van der Waals surface area contributed by atoms with Crippen LogP contribution in [0, 0.1) is 0 Å². The number of nitrogens with zero attached hydrogens (tertiary/aromatic N) is 1. The van der Waals surface area contributed by atoms with E-state index in [9.17, 15) is 9.59 Å². The summed E-state index contributed by atoms with van der Waals surface area (Å²) >= 11 is 0. The maximum Gasteiger partial charge on any atom is 0.262 e. The molecular formula is C23H30N2O4. The van der Waals surface area contributed by atoms with Crippen molar-refractivity contribution in [3.05, 3.63) is 54.1 Å². The highest BCUT2D eigenvalue weighted by atomic mass is 16.5. The van der Waals surface area contributed by atoms with Crippen LogP contribution in [-0.2, 0) is 4.79 Å². The van der Waals surface area contributed by atoms with Crippen molar-refractivity contribution in [1.29, 1.82) is 0 Å². The van der Waals surface area contributed by atoms with Crippen molar-refractivity contribution in [3.8, 4) is 11.5 Å². The average molecular weight is 399 g/mol. The van der Waals surface area contributed by atoms with Gasteiger partial charge in [-0.15, -0.1) is 0 Å². The van der Waals surface area contributed by atoms with Crippen LogP contribution in [0.5, 0.6) is 11.5 Å². The van der Waals surface area contributed by atoms with Gasteiger partial charge in [0.05, 0.1) is 5.69 Å². The molecule has 29 heavy (non-hydrogen) atoms. The minimum absolute atomic E-state index is 0.0758. The first-order chi connectivity index (χ1) is 14.1. The van der Waals surface area contributed by atoms with Gasteiger partial charge in [-0.25, -0.2) is 0 Å². The van der Waals surface area contributed by atoms with E-state index in [0.29, 0.717) is 35.8 Å². The number of anilines is 1. The van der Waals surface area contributed by atoms with Gasteiger partial charge < -0.3 is 19.7 Å². The molecule has 0 aliphatic carbocycles. The summed E-state index contributed by atoms with van der Waals surface area (Å²) < 4.78 is 11.4. The highest BCUT2D eigenvalue weighted by Crippen LogP contribution is 2.23. The summed E-state index contributed by atoms with van der Waals surface area (Å²) in [5.74, 6) is 0.970. The number of Topliss-reactive ketones (excluding diaryl/α,β-unsaturated/α-hetero) is 1. The monoisotopic (exact) mass is 398 g/mol. The largest absolute Gasteiger partial charge is 0.490 e. The quantitative estimate of drug-likeness (QED) is 0.547. The second-order valence-corrected chi connectivity index (χ2v) is 6.51. The van der Waals surface area contributed by atoms with E-state index in [1.165, 1.54) is 0 Å². The maximum absolute atomic E-state index is 12.3. The molecule has 2 aromatic rings. The third-order valence-electron chi connectivity index (χ3n) is 4.59. The van der Waals surface area contributed by atoms with Crippen LogP contribution in [0.3, 0.4) is 0 Å². The molecule has 1 N–H and O–H groups in total. The van der Waals surface area contributed by atoms with Crippen molar-refractivity contribution in [1.82, 2.24) is 4.90 Å². The van der Waals surface area contributed by atoms with E-state index in [0.717, 1.165) is 19.6 Å². The molecule has 0 aliphatic heterocycles. The van der Waals surface area contributed by atoms with Gasteiger partial charge in [0.1, 0.15) is 18.1 Å². The SMILES string of the molecule is CCC(=O)c1ccc(OCC(=O)Nc2ccccc2OCCN(CC)CC)cc1. The fourth-order valence-electron chi connectivity index (χ4n) is 2.80. The van der Waals surface area contributed by atoms with Gasteiger partial charge >= 0.3 is 0 Å². The number of ketones is 1. The van der Waals surface area contributed by atoms with E-state index in [1.807, 2.05) is 25.1 Å². The molecule has 0 unspecified atom stereocenters. The zero-order chi connectivity index (χ0) is 21.1. The number of rotatable bonds is 12. The molecule has 0 radical (unpaired) electrons. The Bertz CT molecular complexity index is 786. The van der Waals surface area contributed by atoms with Crippen molar-refractivity contribution in [2.75, 3.05) is 38.2 Å². The lowest BCUT2D eigenvalue weighted by Crippen LogP contribution is -2.28.